The van der Waals surface area contributed by atoms with Crippen molar-refractivity contribution in [3.05, 3.63) is 96.3 Å². The number of aromatic nitrogens is 2. The van der Waals surface area contributed by atoms with Crippen LogP contribution in [0.25, 0.3) is 50.4 Å². The van der Waals surface area contributed by atoms with Gasteiger partial charge >= 0.3 is 0 Å². The van der Waals surface area contributed by atoms with Gasteiger partial charge in [-0.05, 0) is 60.1 Å². The topological polar surface area (TPSA) is 25.8 Å². The molecular weight excluding hydrogens is 613 g/mol. The van der Waals surface area contributed by atoms with Gasteiger partial charge in [0.05, 0.1) is 19.5 Å². The largest absolute Gasteiger partial charge is 0.243 e. The van der Waals surface area contributed by atoms with Crippen molar-refractivity contribution in [3.63, 3.8) is 0 Å². The maximum Gasteiger partial charge on any atom is 0.134 e. The van der Waals surface area contributed by atoms with Crippen LogP contribution in [-0.2, 0) is 12.8 Å². The second kappa shape index (κ2) is 15.4. The summed E-state index contributed by atoms with van der Waals surface area (Å²) in [5.74, 6) is 0. The molecule has 0 atom stereocenters. The number of hydrogen-bond donors (Lipinski definition) is 0. The van der Waals surface area contributed by atoms with Crippen molar-refractivity contribution in [1.82, 2.24) is 9.97 Å². The number of rotatable bonds is 15. The highest BCUT2D eigenvalue weighted by molar-refractivity contribution is 7.29. The lowest BCUT2D eigenvalue weighted by molar-refractivity contribution is 0.668. The Labute approximate surface area is 278 Å². The summed E-state index contributed by atoms with van der Waals surface area (Å²) in [7, 11) is 0. The lowest BCUT2D eigenvalue weighted by Gasteiger charge is -2.01. The molecule has 0 N–H and O–H groups in total. The molecule has 0 saturated heterocycles. The molecule has 226 valence electrons. The lowest BCUT2D eigenvalue weighted by atomic mass is 10.1. The molecule has 0 spiro atoms. The lowest BCUT2D eigenvalue weighted by Crippen LogP contribution is -1.86. The van der Waals surface area contributed by atoms with E-state index in [0.29, 0.717) is 0 Å². The van der Waals surface area contributed by atoms with E-state index < -0.39 is 0 Å². The Morgan fingerprint density at radius 2 is 0.909 bits per heavy atom. The van der Waals surface area contributed by atoms with Crippen LogP contribution in [0.15, 0.2) is 85.2 Å². The molecule has 44 heavy (non-hydrogen) atoms. The van der Waals surface area contributed by atoms with Gasteiger partial charge in [0.2, 0.25) is 0 Å². The first-order chi connectivity index (χ1) is 21.7. The van der Waals surface area contributed by atoms with Crippen LogP contribution >= 0.6 is 45.3 Å². The summed E-state index contributed by atoms with van der Waals surface area (Å²) in [6.07, 6.45) is 16.5. The SMILES string of the molecule is CCCCCCc1cc(-c2ccccc2)sc1-c1ncc(-c2cnc(-c3sc(-c4ccccc4)cc3CCCCCC)s2)s1. The quantitative estimate of drug-likeness (QED) is 0.103. The van der Waals surface area contributed by atoms with Gasteiger partial charge < -0.3 is 0 Å². The Balaban J connectivity index is 1.27. The average Bonchev–Trinajstić information content (AvgIpc) is 3.88. The molecule has 4 aromatic heterocycles. The summed E-state index contributed by atoms with van der Waals surface area (Å²) in [6, 6.07) is 26.4. The van der Waals surface area contributed by atoms with Crippen molar-refractivity contribution in [2.75, 3.05) is 0 Å². The fourth-order valence-corrected chi connectivity index (χ4v) is 10.1. The average molecular weight is 653 g/mol. The highest BCUT2D eigenvalue weighted by atomic mass is 32.1. The van der Waals surface area contributed by atoms with Crippen LogP contribution in [0.4, 0.5) is 0 Å². The summed E-state index contributed by atoms with van der Waals surface area (Å²) >= 11 is 7.41. The van der Waals surface area contributed by atoms with Gasteiger partial charge in [0.25, 0.3) is 0 Å². The highest BCUT2D eigenvalue weighted by Gasteiger charge is 2.19. The predicted octanol–water partition coefficient (Wildman–Crippen LogP) is 13.3. The van der Waals surface area contributed by atoms with E-state index in [9.17, 15) is 0 Å². The van der Waals surface area contributed by atoms with Gasteiger partial charge in [-0.3, -0.25) is 0 Å². The third-order valence-corrected chi connectivity index (χ3v) is 12.9. The molecular formula is C38H40N2S4. The van der Waals surface area contributed by atoms with Crippen LogP contribution in [0.2, 0.25) is 0 Å². The van der Waals surface area contributed by atoms with Crippen molar-refractivity contribution in [2.24, 2.45) is 0 Å². The fraction of sp³-hybridized carbons (Fsp3) is 0.316. The third kappa shape index (κ3) is 7.48. The van der Waals surface area contributed by atoms with Gasteiger partial charge in [-0.2, -0.15) is 0 Å². The summed E-state index contributed by atoms with van der Waals surface area (Å²) in [4.78, 5) is 17.7. The molecule has 6 aromatic rings. The molecule has 2 aromatic carbocycles. The van der Waals surface area contributed by atoms with Gasteiger partial charge in [-0.15, -0.1) is 45.3 Å². The Bertz CT molecular complexity index is 1610. The van der Waals surface area contributed by atoms with E-state index in [4.69, 9.17) is 9.97 Å². The number of benzene rings is 2. The van der Waals surface area contributed by atoms with E-state index in [1.54, 1.807) is 0 Å². The van der Waals surface area contributed by atoms with E-state index in [2.05, 4.69) is 99.0 Å². The minimum Gasteiger partial charge on any atom is -0.243 e. The van der Waals surface area contributed by atoms with Crippen molar-refractivity contribution >= 4 is 45.3 Å². The first-order valence-electron chi connectivity index (χ1n) is 16.0. The standard InChI is InChI=1S/C38H40N2S4/c1-3-5-7-11-21-29-23-31(27-17-13-9-14-18-27)41-35(29)37-39-25-33(43-37)34-26-40-38(44-34)36-30(22-12-8-6-4-2)24-32(42-36)28-19-15-10-16-20-28/h9-10,13-20,23-26H,3-8,11-12,21-22H2,1-2H3. The van der Waals surface area contributed by atoms with Crippen LogP contribution in [0.1, 0.15) is 76.3 Å². The summed E-state index contributed by atoms with van der Waals surface area (Å²) < 4.78 is 0. The van der Waals surface area contributed by atoms with Crippen LogP contribution in [0.3, 0.4) is 0 Å². The van der Waals surface area contributed by atoms with E-state index in [-0.39, 0.29) is 0 Å². The first-order valence-corrected chi connectivity index (χ1v) is 19.3. The molecule has 0 aliphatic rings. The van der Waals surface area contributed by atoms with E-state index >= 15 is 0 Å². The molecule has 6 rings (SSSR count). The molecule has 0 saturated carbocycles. The van der Waals surface area contributed by atoms with Gasteiger partial charge in [-0.1, -0.05) is 113 Å². The molecule has 0 bridgehead atoms. The van der Waals surface area contributed by atoms with E-state index in [0.717, 1.165) is 22.9 Å². The fourth-order valence-electron chi connectivity index (χ4n) is 5.55. The van der Waals surface area contributed by atoms with E-state index in [1.807, 2.05) is 45.3 Å². The molecule has 0 aliphatic heterocycles. The number of thiophene rings is 2. The number of unbranched alkanes of at least 4 members (excludes halogenated alkanes) is 6. The Morgan fingerprint density at radius 1 is 0.477 bits per heavy atom. The van der Waals surface area contributed by atoms with Gasteiger partial charge in [0.15, 0.2) is 0 Å². The Morgan fingerprint density at radius 3 is 1.32 bits per heavy atom. The maximum atomic E-state index is 4.99. The second-order valence-electron chi connectivity index (χ2n) is 11.3. The normalized spacial score (nSPS) is 11.4. The molecule has 6 heteroatoms. The monoisotopic (exact) mass is 652 g/mol. The Kier molecular flexibility index (Phi) is 10.9. The zero-order valence-electron chi connectivity index (χ0n) is 25.7. The number of aryl methyl sites for hydroxylation is 2. The minimum absolute atomic E-state index is 1.11. The van der Waals surface area contributed by atoms with Gasteiger partial charge in [-0.25, -0.2) is 9.97 Å². The molecule has 0 amide bonds. The summed E-state index contributed by atoms with van der Waals surface area (Å²) in [5.41, 5.74) is 5.46. The smallest absolute Gasteiger partial charge is 0.134 e. The van der Waals surface area contributed by atoms with Crippen LogP contribution < -0.4 is 0 Å². The summed E-state index contributed by atoms with van der Waals surface area (Å²) in [6.45, 7) is 4.56. The highest BCUT2D eigenvalue weighted by Crippen LogP contribution is 2.45. The molecule has 4 heterocycles. The zero-order valence-corrected chi connectivity index (χ0v) is 28.9. The number of nitrogens with zero attached hydrogens (tertiary/aromatic N) is 2. The molecule has 2 nitrogen and oxygen atoms in total. The Hall–Kier alpha value is -2.90. The van der Waals surface area contributed by atoms with Crippen LogP contribution in [-0.4, -0.2) is 9.97 Å². The predicted molar refractivity (Wildman–Crippen MR) is 196 cm³/mol. The van der Waals surface area contributed by atoms with Crippen LogP contribution in [0, 0.1) is 0 Å². The maximum absolute atomic E-state index is 4.99. The third-order valence-electron chi connectivity index (χ3n) is 7.98. The minimum atomic E-state index is 1.11. The molecule has 0 aliphatic carbocycles. The van der Waals surface area contributed by atoms with Crippen molar-refractivity contribution in [3.8, 4) is 50.4 Å². The molecule has 0 unspecified atom stereocenters. The molecule has 0 radical (unpaired) electrons. The number of hydrogen-bond acceptors (Lipinski definition) is 6. The van der Waals surface area contributed by atoms with Crippen molar-refractivity contribution in [1.29, 1.82) is 0 Å². The van der Waals surface area contributed by atoms with E-state index in [1.165, 1.54) is 103 Å². The van der Waals surface area contributed by atoms with Gasteiger partial charge in [0, 0.05) is 22.1 Å². The van der Waals surface area contributed by atoms with Crippen molar-refractivity contribution in [2.45, 2.75) is 78.1 Å². The van der Waals surface area contributed by atoms with Crippen LogP contribution in [0.5, 0.6) is 0 Å². The first kappa shape index (κ1) is 31.1. The second-order valence-corrected chi connectivity index (χ2v) is 15.5. The van der Waals surface area contributed by atoms with Crippen molar-refractivity contribution < 1.29 is 0 Å². The summed E-state index contributed by atoms with van der Waals surface area (Å²) in [5, 5.41) is 2.26. The van der Waals surface area contributed by atoms with Gasteiger partial charge in [0.1, 0.15) is 10.0 Å². The molecule has 0 fully saturated rings. The zero-order chi connectivity index (χ0) is 30.1. The number of thiazole rings is 2.